The van der Waals surface area contributed by atoms with E-state index >= 15 is 0 Å². The fourth-order valence-electron chi connectivity index (χ4n) is 2.89. The minimum atomic E-state index is -1.66. The van der Waals surface area contributed by atoms with Gasteiger partial charge in [-0.3, -0.25) is 5.10 Å². The van der Waals surface area contributed by atoms with Gasteiger partial charge in [-0.1, -0.05) is 36.4 Å². The molecule has 0 aliphatic carbocycles. The number of rotatable bonds is 6. The number of aromatic nitrogens is 5. The number of hydrogen-bond donors (Lipinski definition) is 5. The van der Waals surface area contributed by atoms with Gasteiger partial charge in [0, 0.05) is 11.9 Å². The number of H-pyrrole nitrogens is 1. The van der Waals surface area contributed by atoms with E-state index in [2.05, 4.69) is 30.5 Å². The molecule has 146 valence electrons. The highest BCUT2D eigenvalue weighted by atomic mass is 32.2. The summed E-state index contributed by atoms with van der Waals surface area (Å²) in [5.74, 6) is 0.704. The van der Waals surface area contributed by atoms with Crippen LogP contribution in [0.5, 0.6) is 0 Å². The zero-order valence-electron chi connectivity index (χ0n) is 15.0. The summed E-state index contributed by atoms with van der Waals surface area (Å²) in [5, 5.41) is 34.9. The molecule has 0 aliphatic heterocycles. The maximum Gasteiger partial charge on any atom is 0.488 e. The van der Waals surface area contributed by atoms with Gasteiger partial charge in [-0.2, -0.15) is 10.1 Å². The van der Waals surface area contributed by atoms with E-state index in [1.165, 1.54) is 6.33 Å². The molecule has 2 heterocycles. The molecule has 0 radical (unpaired) electrons. The van der Waals surface area contributed by atoms with E-state index in [9.17, 15) is 14.3 Å². The van der Waals surface area contributed by atoms with E-state index in [0.717, 1.165) is 5.56 Å². The molecule has 4 aromatic rings. The number of aromatic amines is 1. The Morgan fingerprint density at radius 3 is 2.79 bits per heavy atom. The van der Waals surface area contributed by atoms with Crippen molar-refractivity contribution in [2.45, 2.75) is 11.4 Å². The molecular weight excluding hydrogens is 393 g/mol. The normalized spacial score (nSPS) is 12.1. The average Bonchev–Trinajstić information content (AvgIpc) is 3.17. The Kier molecular flexibility index (Phi) is 5.31. The summed E-state index contributed by atoms with van der Waals surface area (Å²) in [6.07, 6.45) is 1.37. The first-order valence-corrected chi connectivity index (χ1v) is 9.76. The number of nitrogens with zero attached hydrogens (tertiary/aromatic N) is 4. The summed E-state index contributed by atoms with van der Waals surface area (Å²) in [4.78, 5) is 13.1. The van der Waals surface area contributed by atoms with Crippen LogP contribution in [0.3, 0.4) is 0 Å². The Morgan fingerprint density at radius 1 is 1.17 bits per heavy atom. The first-order valence-electron chi connectivity index (χ1n) is 8.54. The third kappa shape index (κ3) is 4.00. The third-order valence-electron chi connectivity index (χ3n) is 4.26. The fraction of sp³-hybridized carbons (Fsp3) is 0.0588. The van der Waals surface area contributed by atoms with Crippen molar-refractivity contribution < 1.29 is 14.3 Å². The molecular formula is C17H16BN7O3S. The Balaban J connectivity index is 1.60. The third-order valence-corrected chi connectivity index (χ3v) is 5.02. The maximum absolute atomic E-state index is 11.7. The number of hydrogen-bond acceptors (Lipinski definition) is 8. The molecule has 2 aromatic carbocycles. The minimum absolute atomic E-state index is 0.339. The predicted octanol–water partition coefficient (Wildman–Crippen LogP) is -0.312. The zero-order chi connectivity index (χ0) is 20.4. The Bertz CT molecular complexity index is 1200. The second kappa shape index (κ2) is 8.05. The van der Waals surface area contributed by atoms with Gasteiger partial charge in [0.2, 0.25) is 5.95 Å². The first-order chi connectivity index (χ1) is 14.0. The van der Waals surface area contributed by atoms with Crippen molar-refractivity contribution in [2.75, 3.05) is 5.32 Å². The summed E-state index contributed by atoms with van der Waals surface area (Å²) in [6, 6.07) is 12.1. The predicted molar refractivity (Wildman–Crippen MR) is 109 cm³/mol. The van der Waals surface area contributed by atoms with Crippen molar-refractivity contribution in [3.8, 4) is 11.5 Å². The monoisotopic (exact) mass is 409 g/mol. The first kappa shape index (κ1) is 19.1. The van der Waals surface area contributed by atoms with Crippen molar-refractivity contribution in [2.24, 2.45) is 5.14 Å². The standard InChI is InChI=1S/C17H16BN7O3S/c19-29(28)13-6-2-5-12-14(13)24-25-15(12)16-21-9-22-17(23-16)20-8-10-3-1-4-11(7-10)18(26)27/h1-7,9,26-27H,8,19H2,(H,24,25)(H,20,21,22,23). The summed E-state index contributed by atoms with van der Waals surface area (Å²) >= 11 is 0. The molecule has 12 heteroatoms. The van der Waals surface area contributed by atoms with Crippen molar-refractivity contribution >= 4 is 40.4 Å². The van der Waals surface area contributed by atoms with E-state index < -0.39 is 18.1 Å². The SMILES string of the molecule is NS(=O)c1cccc2c(-c3ncnc(NCc4cccc(B(O)O)c4)n3)[nH]nc12. The quantitative estimate of drug-likeness (QED) is 0.271. The molecule has 0 spiro atoms. The second-order valence-electron chi connectivity index (χ2n) is 6.15. The lowest BCUT2D eigenvalue weighted by Crippen LogP contribution is -2.30. The molecule has 0 fully saturated rings. The van der Waals surface area contributed by atoms with Gasteiger partial charge < -0.3 is 15.4 Å². The average molecular weight is 409 g/mol. The molecule has 10 nitrogen and oxygen atoms in total. The van der Waals surface area contributed by atoms with Gasteiger partial charge in [0.25, 0.3) is 0 Å². The van der Waals surface area contributed by atoms with Crippen LogP contribution in [0.2, 0.25) is 0 Å². The highest BCUT2D eigenvalue weighted by molar-refractivity contribution is 7.83. The van der Waals surface area contributed by atoms with Crippen LogP contribution in [0.4, 0.5) is 5.95 Å². The van der Waals surface area contributed by atoms with Crippen molar-refractivity contribution in [1.82, 2.24) is 25.1 Å². The van der Waals surface area contributed by atoms with Gasteiger partial charge in [-0.15, -0.1) is 0 Å². The van der Waals surface area contributed by atoms with Gasteiger partial charge in [0.1, 0.15) is 28.5 Å². The largest absolute Gasteiger partial charge is 0.488 e. The number of para-hydroxylation sites is 1. The van der Waals surface area contributed by atoms with Gasteiger partial charge >= 0.3 is 7.12 Å². The summed E-state index contributed by atoms with van der Waals surface area (Å²) < 4.78 is 11.7. The molecule has 2 aromatic heterocycles. The Labute approximate surface area is 168 Å². The maximum atomic E-state index is 11.7. The summed E-state index contributed by atoms with van der Waals surface area (Å²) in [7, 11) is -3.19. The lowest BCUT2D eigenvalue weighted by molar-refractivity contribution is 0.425. The molecule has 29 heavy (non-hydrogen) atoms. The van der Waals surface area contributed by atoms with Crippen LogP contribution in [0.15, 0.2) is 53.7 Å². The van der Waals surface area contributed by atoms with Crippen molar-refractivity contribution in [1.29, 1.82) is 0 Å². The van der Waals surface area contributed by atoms with Crippen LogP contribution in [0.25, 0.3) is 22.4 Å². The van der Waals surface area contributed by atoms with Crippen molar-refractivity contribution in [3.05, 3.63) is 54.4 Å². The molecule has 0 saturated heterocycles. The topological polar surface area (TPSA) is 163 Å². The number of nitrogens with two attached hydrogens (primary N) is 1. The highest BCUT2D eigenvalue weighted by Gasteiger charge is 2.15. The summed E-state index contributed by atoms with van der Waals surface area (Å²) in [6.45, 7) is 0.379. The van der Waals surface area contributed by atoms with Crippen LogP contribution < -0.4 is 15.9 Å². The lowest BCUT2D eigenvalue weighted by Gasteiger charge is -2.07. The molecule has 4 rings (SSSR count). The smallest absolute Gasteiger partial charge is 0.423 e. The second-order valence-corrected chi connectivity index (χ2v) is 7.19. The lowest BCUT2D eigenvalue weighted by atomic mass is 9.80. The summed E-state index contributed by atoms with van der Waals surface area (Å²) in [5.41, 5.74) is 2.29. The Morgan fingerprint density at radius 2 is 2.00 bits per heavy atom. The van der Waals surface area contributed by atoms with Gasteiger partial charge in [0.15, 0.2) is 5.82 Å². The molecule has 0 amide bonds. The molecule has 1 unspecified atom stereocenters. The van der Waals surface area contributed by atoms with E-state index in [-0.39, 0.29) is 0 Å². The number of nitrogens with one attached hydrogen (secondary N) is 2. The minimum Gasteiger partial charge on any atom is -0.423 e. The number of benzene rings is 2. The van der Waals surface area contributed by atoms with Crippen LogP contribution in [-0.2, 0) is 17.5 Å². The molecule has 6 N–H and O–H groups in total. The molecule has 0 saturated carbocycles. The zero-order valence-corrected chi connectivity index (χ0v) is 15.8. The van der Waals surface area contributed by atoms with E-state index in [1.54, 1.807) is 30.3 Å². The van der Waals surface area contributed by atoms with E-state index in [1.807, 2.05) is 12.1 Å². The van der Waals surface area contributed by atoms with Gasteiger partial charge in [0.05, 0.1) is 4.90 Å². The van der Waals surface area contributed by atoms with E-state index in [0.29, 0.717) is 45.3 Å². The van der Waals surface area contributed by atoms with Gasteiger partial charge in [-0.25, -0.2) is 19.3 Å². The highest BCUT2D eigenvalue weighted by Crippen LogP contribution is 2.27. The van der Waals surface area contributed by atoms with Gasteiger partial charge in [-0.05, 0) is 17.1 Å². The van der Waals surface area contributed by atoms with Crippen LogP contribution in [0.1, 0.15) is 5.56 Å². The van der Waals surface area contributed by atoms with Crippen molar-refractivity contribution in [3.63, 3.8) is 0 Å². The molecule has 0 aliphatic rings. The van der Waals surface area contributed by atoms with Crippen LogP contribution in [0, 0.1) is 0 Å². The Hall–Kier alpha value is -3.19. The van der Waals surface area contributed by atoms with Crippen LogP contribution >= 0.6 is 0 Å². The fourth-order valence-corrected chi connectivity index (χ4v) is 3.45. The molecule has 0 bridgehead atoms. The van der Waals surface area contributed by atoms with Crippen LogP contribution in [-0.4, -0.2) is 46.5 Å². The number of anilines is 1. The number of fused-ring (bicyclic) bond motifs is 1. The molecule has 1 atom stereocenters. The van der Waals surface area contributed by atoms with E-state index in [4.69, 9.17) is 5.14 Å².